The second kappa shape index (κ2) is 3.75. The van der Waals surface area contributed by atoms with Gasteiger partial charge in [0.2, 0.25) is 0 Å². The predicted octanol–water partition coefficient (Wildman–Crippen LogP) is 0.165. The lowest BCUT2D eigenvalue weighted by atomic mass is 10.3. The molecule has 1 aromatic heterocycles. The number of aliphatic imine (C=N–C) groups is 1. The van der Waals surface area contributed by atoms with Gasteiger partial charge in [0.25, 0.3) is 0 Å². The van der Waals surface area contributed by atoms with Gasteiger partial charge in [-0.05, 0) is 12.1 Å². The Labute approximate surface area is 75.7 Å². The van der Waals surface area contributed by atoms with Crippen LogP contribution < -0.4 is 5.43 Å². The monoisotopic (exact) mass is 181 g/mol. The average Bonchev–Trinajstić information content (AvgIpc) is 2.53. The van der Waals surface area contributed by atoms with E-state index in [1.165, 1.54) is 7.05 Å². The van der Waals surface area contributed by atoms with Gasteiger partial charge in [0.15, 0.2) is 5.71 Å². The van der Waals surface area contributed by atoms with Crippen LogP contribution in [0.4, 0.5) is 0 Å². The van der Waals surface area contributed by atoms with Crippen molar-refractivity contribution >= 4 is 11.7 Å². The van der Waals surface area contributed by atoms with E-state index >= 15 is 0 Å². The van der Waals surface area contributed by atoms with E-state index in [4.69, 9.17) is 5.11 Å². The van der Waals surface area contributed by atoms with E-state index in [2.05, 4.69) is 10.4 Å². The summed E-state index contributed by atoms with van der Waals surface area (Å²) >= 11 is 0. The maximum Gasteiger partial charge on any atom is 0.356 e. The van der Waals surface area contributed by atoms with Crippen LogP contribution in [0.15, 0.2) is 23.3 Å². The van der Waals surface area contributed by atoms with Gasteiger partial charge in [0.1, 0.15) is 0 Å². The van der Waals surface area contributed by atoms with Crippen LogP contribution in [0.2, 0.25) is 0 Å². The third-order valence-corrected chi connectivity index (χ3v) is 1.66. The number of rotatable bonds is 3. The maximum atomic E-state index is 10.7. The van der Waals surface area contributed by atoms with Crippen molar-refractivity contribution in [2.75, 3.05) is 19.5 Å². The molecule has 0 saturated carbocycles. The van der Waals surface area contributed by atoms with Crippen molar-refractivity contribution in [1.82, 2.24) is 4.68 Å². The number of carbonyl (C=O) groups is 1. The number of hydrogen-bond acceptors (Lipinski definition) is 3. The first-order valence-corrected chi connectivity index (χ1v) is 3.76. The Kier molecular flexibility index (Phi) is 2.69. The van der Waals surface area contributed by atoms with Gasteiger partial charge in [-0.25, -0.2) is 4.79 Å². The molecule has 13 heavy (non-hydrogen) atoms. The molecule has 1 heterocycles. The quantitative estimate of drug-likeness (QED) is 0.653. The van der Waals surface area contributed by atoms with Crippen LogP contribution in [-0.4, -0.2) is 35.6 Å². The summed E-state index contributed by atoms with van der Waals surface area (Å²) in [6.45, 7) is 0. The molecule has 70 valence electrons. The van der Waals surface area contributed by atoms with E-state index < -0.39 is 5.97 Å². The molecule has 0 aromatic carbocycles. The molecule has 0 bridgehead atoms. The van der Waals surface area contributed by atoms with Crippen LogP contribution in [-0.2, 0) is 4.79 Å². The van der Waals surface area contributed by atoms with Crippen LogP contribution in [0.1, 0.15) is 5.69 Å². The van der Waals surface area contributed by atoms with Crippen molar-refractivity contribution in [3.05, 3.63) is 24.0 Å². The zero-order valence-corrected chi connectivity index (χ0v) is 7.48. The van der Waals surface area contributed by atoms with E-state index in [9.17, 15) is 4.79 Å². The van der Waals surface area contributed by atoms with E-state index in [1.807, 2.05) is 0 Å². The molecule has 0 aliphatic heterocycles. The summed E-state index contributed by atoms with van der Waals surface area (Å²) in [6.07, 6.45) is 1.73. The minimum Gasteiger partial charge on any atom is -0.476 e. The minimum absolute atomic E-state index is 0.0411. The Hall–Kier alpha value is -1.78. The van der Waals surface area contributed by atoms with Gasteiger partial charge in [-0.2, -0.15) is 0 Å². The minimum atomic E-state index is -1.03. The smallest absolute Gasteiger partial charge is 0.356 e. The molecule has 0 radical (unpaired) electrons. The molecular formula is C8H11N3O2. The summed E-state index contributed by atoms with van der Waals surface area (Å²) in [5.41, 5.74) is 3.40. The molecule has 0 aliphatic carbocycles. The number of aliphatic carboxylic acids is 1. The van der Waals surface area contributed by atoms with Gasteiger partial charge in [0, 0.05) is 20.3 Å². The third kappa shape index (κ3) is 1.69. The lowest BCUT2D eigenvalue weighted by Gasteiger charge is -2.06. The second-order valence-electron chi connectivity index (χ2n) is 2.36. The predicted molar refractivity (Wildman–Crippen MR) is 49.8 cm³/mol. The van der Waals surface area contributed by atoms with Crippen LogP contribution in [0.25, 0.3) is 0 Å². The summed E-state index contributed by atoms with van der Waals surface area (Å²) in [4.78, 5) is 14.4. The van der Waals surface area contributed by atoms with Gasteiger partial charge in [-0.1, -0.05) is 0 Å². The summed E-state index contributed by atoms with van der Waals surface area (Å²) in [5.74, 6) is -1.03. The molecule has 0 saturated heterocycles. The van der Waals surface area contributed by atoms with Gasteiger partial charge in [-0.3, -0.25) is 9.67 Å². The fourth-order valence-electron chi connectivity index (χ4n) is 1.09. The normalized spacial score (nSPS) is 11.4. The highest BCUT2D eigenvalue weighted by Crippen LogP contribution is 2.02. The number of carboxylic acid groups (broad SMARTS) is 1. The Morgan fingerprint density at radius 3 is 2.85 bits per heavy atom. The van der Waals surface area contributed by atoms with Crippen molar-refractivity contribution in [2.24, 2.45) is 4.99 Å². The lowest BCUT2D eigenvalue weighted by molar-refractivity contribution is -0.129. The van der Waals surface area contributed by atoms with Crippen LogP contribution in [0.3, 0.4) is 0 Å². The molecule has 0 fully saturated rings. The summed E-state index contributed by atoms with van der Waals surface area (Å²) in [7, 11) is 3.16. The Bertz CT molecular complexity index is 341. The molecule has 0 aliphatic rings. The second-order valence-corrected chi connectivity index (χ2v) is 2.36. The molecule has 0 amide bonds. The van der Waals surface area contributed by atoms with Crippen molar-refractivity contribution in [2.45, 2.75) is 0 Å². The largest absolute Gasteiger partial charge is 0.476 e. The Balaban J connectivity index is 3.12. The van der Waals surface area contributed by atoms with Crippen LogP contribution in [0, 0.1) is 0 Å². The number of carboxylic acids is 1. The Morgan fingerprint density at radius 2 is 2.38 bits per heavy atom. The fraction of sp³-hybridized carbons (Fsp3) is 0.250. The van der Waals surface area contributed by atoms with Gasteiger partial charge in [-0.15, -0.1) is 0 Å². The SMILES string of the molecule is C/N=C(/C(=O)O)c1cccn1NC. The van der Waals surface area contributed by atoms with E-state index in [0.29, 0.717) is 5.69 Å². The molecular weight excluding hydrogens is 170 g/mol. The van der Waals surface area contributed by atoms with E-state index in [1.54, 1.807) is 30.1 Å². The molecule has 2 N–H and O–H groups in total. The average molecular weight is 181 g/mol. The van der Waals surface area contributed by atoms with E-state index in [-0.39, 0.29) is 5.71 Å². The zero-order chi connectivity index (χ0) is 9.84. The van der Waals surface area contributed by atoms with E-state index in [0.717, 1.165) is 0 Å². The van der Waals surface area contributed by atoms with Crippen molar-refractivity contribution < 1.29 is 9.90 Å². The first-order valence-electron chi connectivity index (χ1n) is 3.76. The molecule has 5 nitrogen and oxygen atoms in total. The number of hydrogen-bond donors (Lipinski definition) is 2. The summed E-state index contributed by atoms with van der Waals surface area (Å²) < 4.78 is 1.59. The van der Waals surface area contributed by atoms with Crippen molar-refractivity contribution in [1.29, 1.82) is 0 Å². The fourth-order valence-corrected chi connectivity index (χ4v) is 1.09. The summed E-state index contributed by atoms with van der Waals surface area (Å²) in [6, 6.07) is 3.44. The molecule has 1 aromatic rings. The first-order chi connectivity index (χ1) is 6.20. The van der Waals surface area contributed by atoms with Gasteiger partial charge in [0.05, 0.1) is 5.69 Å². The molecule has 0 spiro atoms. The molecule has 1 rings (SSSR count). The highest BCUT2D eigenvalue weighted by Gasteiger charge is 2.14. The van der Waals surface area contributed by atoms with Gasteiger partial charge < -0.3 is 10.5 Å². The lowest BCUT2D eigenvalue weighted by Crippen LogP contribution is -2.21. The number of nitrogens with one attached hydrogen (secondary N) is 1. The highest BCUT2D eigenvalue weighted by atomic mass is 16.4. The van der Waals surface area contributed by atoms with Gasteiger partial charge >= 0.3 is 5.97 Å². The van der Waals surface area contributed by atoms with Crippen molar-refractivity contribution in [3.63, 3.8) is 0 Å². The Morgan fingerprint density at radius 1 is 1.69 bits per heavy atom. The topological polar surface area (TPSA) is 66.6 Å². The maximum absolute atomic E-state index is 10.7. The van der Waals surface area contributed by atoms with Crippen LogP contribution in [0.5, 0.6) is 0 Å². The number of nitrogens with zero attached hydrogens (tertiary/aromatic N) is 2. The summed E-state index contributed by atoms with van der Waals surface area (Å²) in [5, 5.41) is 8.79. The molecule has 0 atom stereocenters. The zero-order valence-electron chi connectivity index (χ0n) is 7.48. The van der Waals surface area contributed by atoms with Crippen LogP contribution >= 0.6 is 0 Å². The standard InChI is InChI=1S/C8H11N3O2/c1-9-7(8(12)13)6-4-3-5-11(6)10-2/h3-5,10H,1-2H3,(H,12,13)/b9-7+. The highest BCUT2D eigenvalue weighted by molar-refractivity contribution is 6.42. The molecule has 0 unspecified atom stereocenters. The first kappa shape index (κ1) is 9.31. The third-order valence-electron chi connectivity index (χ3n) is 1.66. The van der Waals surface area contributed by atoms with Crippen molar-refractivity contribution in [3.8, 4) is 0 Å². The molecule has 5 heteroatoms. The number of aromatic nitrogens is 1.